The molecule has 0 radical (unpaired) electrons. The van der Waals surface area contributed by atoms with Gasteiger partial charge >= 0.3 is 0 Å². The van der Waals surface area contributed by atoms with Gasteiger partial charge in [0, 0.05) is 0 Å². The molecular weight excluding hydrogens is 426 g/mol. The Morgan fingerprint density at radius 1 is 0.800 bits per heavy atom. The summed E-state index contributed by atoms with van der Waals surface area (Å²) in [6, 6.07) is 16.9. The minimum atomic E-state index is 0.370. The lowest BCUT2D eigenvalue weighted by molar-refractivity contribution is 0.830. The average molecular weight is 466 g/mol. The topological polar surface area (TPSA) is 37.6 Å². The van der Waals surface area contributed by atoms with Crippen molar-refractivity contribution in [1.29, 1.82) is 0 Å². The van der Waals surface area contributed by atoms with E-state index in [9.17, 15) is 0 Å². The molecule has 0 saturated carbocycles. The van der Waals surface area contributed by atoms with Crippen molar-refractivity contribution in [2.24, 2.45) is 9.98 Å². The molecule has 3 heteroatoms. The Balaban J connectivity index is 2.08. The van der Waals surface area contributed by atoms with Gasteiger partial charge in [-0.15, -0.1) is 6.58 Å². The fraction of sp³-hybridized carbons (Fsp3) is 0.344. The Labute approximate surface area is 211 Å². The summed E-state index contributed by atoms with van der Waals surface area (Å²) >= 11 is 0. The molecule has 0 unspecified atom stereocenters. The van der Waals surface area contributed by atoms with Crippen LogP contribution in [0.2, 0.25) is 0 Å². The van der Waals surface area contributed by atoms with Gasteiger partial charge in [0.1, 0.15) is 0 Å². The fourth-order valence-electron chi connectivity index (χ4n) is 4.31. The second-order valence-corrected chi connectivity index (χ2v) is 9.97. The highest BCUT2D eigenvalue weighted by Crippen LogP contribution is 2.37. The number of pyridine rings is 1. The summed E-state index contributed by atoms with van der Waals surface area (Å²) < 4.78 is 0. The zero-order valence-electron chi connectivity index (χ0n) is 22.6. The number of aryl methyl sites for hydroxylation is 2. The molecule has 0 atom stereocenters. The summed E-state index contributed by atoms with van der Waals surface area (Å²) in [5.41, 5.74) is 11.8. The molecule has 0 aliphatic heterocycles. The monoisotopic (exact) mass is 465 g/mol. The summed E-state index contributed by atoms with van der Waals surface area (Å²) in [7, 11) is 0. The summed E-state index contributed by atoms with van der Waals surface area (Å²) in [5, 5.41) is 0. The molecule has 3 nitrogen and oxygen atoms in total. The molecule has 0 aliphatic carbocycles. The Hall–Kier alpha value is -3.33. The van der Waals surface area contributed by atoms with Crippen molar-refractivity contribution in [2.45, 2.75) is 73.6 Å². The molecule has 2 aromatic carbocycles. The third-order valence-corrected chi connectivity index (χ3v) is 6.34. The third kappa shape index (κ3) is 6.22. The number of rotatable bonds is 8. The SMILES string of the molecule is C=CCc1cc(C(C)C)c(N=C(C)c2cccc(C(C)=Nc3c(C)cccc3C)n2)c(C(C)C)c1. The lowest BCUT2D eigenvalue weighted by atomic mass is 9.89. The van der Waals surface area contributed by atoms with E-state index in [0.29, 0.717) is 11.8 Å². The van der Waals surface area contributed by atoms with Crippen LogP contribution in [0.3, 0.4) is 0 Å². The van der Waals surface area contributed by atoms with Gasteiger partial charge in [0.05, 0.1) is 34.2 Å². The van der Waals surface area contributed by atoms with Gasteiger partial charge in [-0.25, -0.2) is 4.98 Å². The Morgan fingerprint density at radius 3 is 1.71 bits per heavy atom. The van der Waals surface area contributed by atoms with Crippen molar-refractivity contribution in [1.82, 2.24) is 4.98 Å². The Morgan fingerprint density at radius 2 is 1.26 bits per heavy atom. The molecule has 0 spiro atoms. The van der Waals surface area contributed by atoms with Crippen LogP contribution in [-0.4, -0.2) is 16.4 Å². The first-order valence-corrected chi connectivity index (χ1v) is 12.5. The van der Waals surface area contributed by atoms with Crippen LogP contribution in [0.4, 0.5) is 11.4 Å². The van der Waals surface area contributed by atoms with Crippen LogP contribution in [0.15, 0.2) is 71.2 Å². The normalized spacial score (nSPS) is 12.5. The number of hydrogen-bond acceptors (Lipinski definition) is 3. The quantitative estimate of drug-likeness (QED) is 0.242. The molecule has 182 valence electrons. The molecule has 3 aromatic rings. The zero-order chi connectivity index (χ0) is 25.7. The molecule has 0 bridgehead atoms. The second kappa shape index (κ2) is 11.4. The van der Waals surface area contributed by atoms with Gasteiger partial charge in [-0.1, -0.05) is 70.2 Å². The summed E-state index contributed by atoms with van der Waals surface area (Å²) in [6.45, 7) is 21.1. The maximum absolute atomic E-state index is 5.17. The van der Waals surface area contributed by atoms with Crippen LogP contribution < -0.4 is 0 Å². The van der Waals surface area contributed by atoms with E-state index < -0.39 is 0 Å². The first kappa shape index (κ1) is 26.3. The van der Waals surface area contributed by atoms with Crippen molar-refractivity contribution in [3.8, 4) is 0 Å². The van der Waals surface area contributed by atoms with Crippen LogP contribution in [0.5, 0.6) is 0 Å². The van der Waals surface area contributed by atoms with Crippen LogP contribution in [0.25, 0.3) is 0 Å². The van der Waals surface area contributed by atoms with Crippen LogP contribution >= 0.6 is 0 Å². The Kier molecular flexibility index (Phi) is 8.56. The van der Waals surface area contributed by atoms with Gasteiger partial charge in [0.25, 0.3) is 0 Å². The first-order chi connectivity index (χ1) is 16.6. The second-order valence-electron chi connectivity index (χ2n) is 9.97. The van der Waals surface area contributed by atoms with Crippen molar-refractivity contribution >= 4 is 22.8 Å². The van der Waals surface area contributed by atoms with Gasteiger partial charge in [-0.2, -0.15) is 0 Å². The van der Waals surface area contributed by atoms with E-state index in [1.54, 1.807) is 0 Å². The zero-order valence-corrected chi connectivity index (χ0v) is 22.6. The third-order valence-electron chi connectivity index (χ3n) is 6.34. The molecule has 35 heavy (non-hydrogen) atoms. The number of benzene rings is 2. The highest BCUT2D eigenvalue weighted by atomic mass is 14.8. The first-order valence-electron chi connectivity index (χ1n) is 12.5. The minimum Gasteiger partial charge on any atom is -0.251 e. The van der Waals surface area contributed by atoms with Gasteiger partial charge < -0.3 is 0 Å². The van der Waals surface area contributed by atoms with E-state index >= 15 is 0 Å². The highest BCUT2D eigenvalue weighted by Gasteiger charge is 2.16. The summed E-state index contributed by atoms with van der Waals surface area (Å²) in [4.78, 5) is 15.0. The lowest BCUT2D eigenvalue weighted by Gasteiger charge is -2.19. The van der Waals surface area contributed by atoms with Crippen molar-refractivity contribution in [2.75, 3.05) is 0 Å². The Bertz CT molecular complexity index is 1230. The fourth-order valence-corrected chi connectivity index (χ4v) is 4.31. The van der Waals surface area contributed by atoms with Crippen molar-refractivity contribution in [3.05, 3.63) is 100 Å². The largest absolute Gasteiger partial charge is 0.251 e. The molecule has 0 N–H and O–H groups in total. The van der Waals surface area contributed by atoms with Gasteiger partial charge in [-0.3, -0.25) is 9.98 Å². The lowest BCUT2D eigenvalue weighted by Crippen LogP contribution is -2.06. The highest BCUT2D eigenvalue weighted by molar-refractivity contribution is 6.02. The van der Waals surface area contributed by atoms with Gasteiger partial charge in [-0.05, 0) is 85.9 Å². The summed E-state index contributed by atoms with van der Waals surface area (Å²) in [6.07, 6.45) is 2.83. The van der Waals surface area contributed by atoms with E-state index in [4.69, 9.17) is 15.0 Å². The number of aliphatic imine (C=N–C) groups is 2. The van der Waals surface area contributed by atoms with Crippen molar-refractivity contribution < 1.29 is 0 Å². The van der Waals surface area contributed by atoms with Crippen molar-refractivity contribution in [3.63, 3.8) is 0 Å². The van der Waals surface area contributed by atoms with Gasteiger partial charge in [0.2, 0.25) is 0 Å². The molecule has 0 saturated heterocycles. The smallest absolute Gasteiger partial charge is 0.0849 e. The number of aromatic nitrogens is 1. The molecule has 0 aliphatic rings. The van der Waals surface area contributed by atoms with Crippen LogP contribution in [0.1, 0.15) is 92.6 Å². The number of allylic oxidation sites excluding steroid dienone is 1. The number of para-hydroxylation sites is 1. The standard InChI is InChI=1S/C32H39N3/c1-10-13-26-18-27(20(2)3)32(28(19-26)21(4)5)34-25(9)30-17-12-16-29(35-30)24(8)33-31-22(6)14-11-15-23(31)7/h10-12,14-21H,1,13H2,2-9H3. The van der Waals surface area contributed by atoms with E-state index in [1.165, 1.54) is 27.8 Å². The van der Waals surface area contributed by atoms with Crippen LogP contribution in [0, 0.1) is 13.8 Å². The molecule has 1 aromatic heterocycles. The maximum atomic E-state index is 5.17. The molecule has 3 rings (SSSR count). The minimum absolute atomic E-state index is 0.370. The van der Waals surface area contributed by atoms with E-state index in [1.807, 2.05) is 31.2 Å². The number of nitrogens with zero attached hydrogens (tertiary/aromatic N) is 3. The molecule has 1 heterocycles. The molecule has 0 amide bonds. The maximum Gasteiger partial charge on any atom is 0.0849 e. The average Bonchev–Trinajstić information content (AvgIpc) is 2.82. The predicted octanol–water partition coefficient (Wildman–Crippen LogP) is 8.96. The van der Waals surface area contributed by atoms with E-state index in [-0.39, 0.29) is 0 Å². The van der Waals surface area contributed by atoms with E-state index in [0.717, 1.165) is 40.6 Å². The summed E-state index contributed by atoms with van der Waals surface area (Å²) in [5.74, 6) is 0.740. The van der Waals surface area contributed by atoms with E-state index in [2.05, 4.69) is 85.4 Å². The van der Waals surface area contributed by atoms with Crippen LogP contribution in [-0.2, 0) is 6.42 Å². The molecular formula is C32H39N3. The molecule has 0 fully saturated rings. The van der Waals surface area contributed by atoms with Gasteiger partial charge in [0.15, 0.2) is 0 Å². The number of hydrogen-bond donors (Lipinski definition) is 0. The predicted molar refractivity (Wildman–Crippen MR) is 152 cm³/mol.